The Kier molecular flexibility index (Phi) is 4.14. The second kappa shape index (κ2) is 6.61. The average Bonchev–Trinajstić information content (AvgIpc) is 3.05. The van der Waals surface area contributed by atoms with Gasteiger partial charge in [0.1, 0.15) is 11.3 Å². The summed E-state index contributed by atoms with van der Waals surface area (Å²) in [5, 5.41) is 3.30. The molecule has 0 bridgehead atoms. The molecule has 0 atom stereocenters. The first-order valence-electron chi connectivity index (χ1n) is 7.82. The number of carbonyl (C=O) groups is 1. The van der Waals surface area contributed by atoms with Gasteiger partial charge in [0.25, 0.3) is 5.91 Å². The number of hydrogen-bond acceptors (Lipinski definition) is 3. The van der Waals surface area contributed by atoms with Gasteiger partial charge < -0.3 is 9.73 Å². The van der Waals surface area contributed by atoms with Gasteiger partial charge in [-0.1, -0.05) is 23.7 Å². The first-order valence-corrected chi connectivity index (χ1v) is 8.20. The van der Waals surface area contributed by atoms with Crippen LogP contribution >= 0.6 is 11.6 Å². The normalized spacial score (nSPS) is 10.8. The van der Waals surface area contributed by atoms with Crippen LogP contribution in [0.4, 0.5) is 10.1 Å². The molecule has 0 radical (unpaired) electrons. The largest absolute Gasteiger partial charge is 0.436 e. The molecule has 0 saturated carbocycles. The van der Waals surface area contributed by atoms with Gasteiger partial charge in [0.2, 0.25) is 5.89 Å². The summed E-state index contributed by atoms with van der Waals surface area (Å²) in [6.45, 7) is 0. The van der Waals surface area contributed by atoms with E-state index in [1.807, 2.05) is 18.2 Å². The fraction of sp³-hybridized carbons (Fsp3) is 0. The highest BCUT2D eigenvalue weighted by atomic mass is 35.5. The van der Waals surface area contributed by atoms with Crippen LogP contribution in [0, 0.1) is 5.82 Å². The van der Waals surface area contributed by atoms with Gasteiger partial charge in [0.05, 0.1) is 10.6 Å². The van der Waals surface area contributed by atoms with Crippen molar-refractivity contribution in [3.05, 3.63) is 83.1 Å². The first kappa shape index (κ1) is 16.3. The molecular weight excluding hydrogens is 355 g/mol. The lowest BCUT2D eigenvalue weighted by molar-refractivity contribution is 0.102. The minimum Gasteiger partial charge on any atom is -0.436 e. The average molecular weight is 367 g/mol. The summed E-state index contributed by atoms with van der Waals surface area (Å²) in [7, 11) is 0. The van der Waals surface area contributed by atoms with Crippen molar-refractivity contribution in [1.82, 2.24) is 4.98 Å². The van der Waals surface area contributed by atoms with Gasteiger partial charge in [-0.05, 0) is 48.5 Å². The topological polar surface area (TPSA) is 55.1 Å². The number of amides is 1. The van der Waals surface area contributed by atoms with E-state index in [0.717, 1.165) is 0 Å². The molecule has 4 aromatic rings. The smallest absolute Gasteiger partial charge is 0.255 e. The summed E-state index contributed by atoms with van der Waals surface area (Å²) >= 11 is 6.18. The highest BCUT2D eigenvalue weighted by Crippen LogP contribution is 2.30. The maximum Gasteiger partial charge on any atom is 0.255 e. The minimum absolute atomic E-state index is 0.338. The summed E-state index contributed by atoms with van der Waals surface area (Å²) in [6.07, 6.45) is 0. The number of hydrogen-bond donors (Lipinski definition) is 1. The van der Waals surface area contributed by atoms with E-state index < -0.39 is 5.82 Å². The number of anilines is 1. The Bertz CT molecular complexity index is 1110. The fourth-order valence-corrected chi connectivity index (χ4v) is 2.77. The predicted octanol–water partition coefficient (Wildman–Crippen LogP) is 5.54. The number of nitrogens with zero attached hydrogens (tertiary/aromatic N) is 1. The SMILES string of the molecule is O=C(Nc1ccc2nc(-c3ccccc3Cl)oc2c1)c1ccc(F)cc1. The Labute approximate surface area is 153 Å². The molecule has 3 aromatic carbocycles. The summed E-state index contributed by atoms with van der Waals surface area (Å²) in [6, 6.07) is 17.8. The lowest BCUT2D eigenvalue weighted by Crippen LogP contribution is -2.11. The van der Waals surface area contributed by atoms with E-state index in [1.54, 1.807) is 24.3 Å². The van der Waals surface area contributed by atoms with E-state index in [-0.39, 0.29) is 5.91 Å². The molecule has 0 aliphatic carbocycles. The quantitative estimate of drug-likeness (QED) is 0.518. The Morgan fingerprint density at radius 2 is 1.81 bits per heavy atom. The molecule has 0 saturated heterocycles. The monoisotopic (exact) mass is 366 g/mol. The van der Waals surface area contributed by atoms with E-state index >= 15 is 0 Å². The van der Waals surface area contributed by atoms with Crippen molar-refractivity contribution in [2.45, 2.75) is 0 Å². The van der Waals surface area contributed by atoms with Crippen LogP contribution in [0.25, 0.3) is 22.6 Å². The number of aromatic nitrogens is 1. The van der Waals surface area contributed by atoms with Crippen molar-refractivity contribution in [1.29, 1.82) is 0 Å². The van der Waals surface area contributed by atoms with Gasteiger partial charge in [-0.3, -0.25) is 4.79 Å². The molecule has 1 amide bonds. The van der Waals surface area contributed by atoms with Gasteiger partial charge in [-0.15, -0.1) is 0 Å². The van der Waals surface area contributed by atoms with Crippen LogP contribution in [0.1, 0.15) is 10.4 Å². The van der Waals surface area contributed by atoms with Crippen molar-refractivity contribution in [3.63, 3.8) is 0 Å². The van der Waals surface area contributed by atoms with Crippen LogP contribution in [0.15, 0.2) is 71.1 Å². The van der Waals surface area contributed by atoms with Crippen molar-refractivity contribution in [2.24, 2.45) is 0 Å². The molecule has 6 heteroatoms. The molecule has 0 spiro atoms. The highest BCUT2D eigenvalue weighted by molar-refractivity contribution is 6.33. The molecule has 1 N–H and O–H groups in total. The van der Waals surface area contributed by atoms with Crippen LogP contribution < -0.4 is 5.32 Å². The molecule has 0 unspecified atom stereocenters. The van der Waals surface area contributed by atoms with Crippen molar-refractivity contribution >= 4 is 34.3 Å². The van der Waals surface area contributed by atoms with Crippen molar-refractivity contribution < 1.29 is 13.6 Å². The second-order valence-corrected chi connectivity index (χ2v) is 6.05. The van der Waals surface area contributed by atoms with E-state index in [1.165, 1.54) is 24.3 Å². The molecule has 1 heterocycles. The third kappa shape index (κ3) is 3.17. The number of oxazole rings is 1. The molecule has 0 aliphatic rings. The standard InChI is InChI=1S/C20H12ClFN2O2/c21-16-4-2-1-3-15(16)20-24-17-10-9-14(11-18(17)26-20)23-19(25)12-5-7-13(22)8-6-12/h1-11H,(H,23,25). The first-order chi connectivity index (χ1) is 12.6. The Balaban J connectivity index is 1.62. The van der Waals surface area contributed by atoms with Gasteiger partial charge in [-0.2, -0.15) is 0 Å². The van der Waals surface area contributed by atoms with Crippen LogP contribution in [-0.4, -0.2) is 10.9 Å². The predicted molar refractivity (Wildman–Crippen MR) is 98.8 cm³/mol. The molecule has 0 aliphatic heterocycles. The summed E-state index contributed by atoms with van der Waals surface area (Å²) in [5.41, 5.74) is 2.79. The third-order valence-electron chi connectivity index (χ3n) is 3.86. The molecule has 26 heavy (non-hydrogen) atoms. The molecule has 4 nitrogen and oxygen atoms in total. The van der Waals surface area contributed by atoms with Crippen molar-refractivity contribution in [3.8, 4) is 11.5 Å². The molecule has 128 valence electrons. The van der Waals surface area contributed by atoms with Gasteiger partial charge in [-0.25, -0.2) is 9.37 Å². The Morgan fingerprint density at radius 1 is 1.04 bits per heavy atom. The zero-order chi connectivity index (χ0) is 18.1. The maximum absolute atomic E-state index is 13.0. The number of halogens is 2. The highest BCUT2D eigenvalue weighted by Gasteiger charge is 2.12. The summed E-state index contributed by atoms with van der Waals surface area (Å²) in [4.78, 5) is 16.7. The van der Waals surface area contributed by atoms with Crippen LogP contribution in [0.5, 0.6) is 0 Å². The van der Waals surface area contributed by atoms with Gasteiger partial charge in [0, 0.05) is 17.3 Å². The Morgan fingerprint density at radius 3 is 2.58 bits per heavy atom. The lowest BCUT2D eigenvalue weighted by atomic mass is 10.2. The molecular formula is C20H12ClFN2O2. The molecule has 0 fully saturated rings. The number of rotatable bonds is 3. The minimum atomic E-state index is -0.392. The van der Waals surface area contributed by atoms with Crippen LogP contribution in [0.2, 0.25) is 5.02 Å². The molecule has 1 aromatic heterocycles. The van der Waals surface area contributed by atoms with E-state index in [0.29, 0.717) is 38.8 Å². The summed E-state index contributed by atoms with van der Waals surface area (Å²) < 4.78 is 18.7. The number of fused-ring (bicyclic) bond motifs is 1. The third-order valence-corrected chi connectivity index (χ3v) is 4.19. The zero-order valence-electron chi connectivity index (χ0n) is 13.4. The fourth-order valence-electron chi connectivity index (χ4n) is 2.56. The molecule has 4 rings (SSSR count). The number of nitrogens with one attached hydrogen (secondary N) is 1. The maximum atomic E-state index is 13.0. The van der Waals surface area contributed by atoms with E-state index in [9.17, 15) is 9.18 Å². The van der Waals surface area contributed by atoms with Gasteiger partial charge >= 0.3 is 0 Å². The number of benzene rings is 3. The number of carbonyl (C=O) groups excluding carboxylic acids is 1. The van der Waals surface area contributed by atoms with Crippen molar-refractivity contribution in [2.75, 3.05) is 5.32 Å². The zero-order valence-corrected chi connectivity index (χ0v) is 14.1. The Hall–Kier alpha value is -3.18. The summed E-state index contributed by atoms with van der Waals surface area (Å²) in [5.74, 6) is -0.320. The van der Waals surface area contributed by atoms with Crippen LogP contribution in [0.3, 0.4) is 0 Å². The van der Waals surface area contributed by atoms with Gasteiger partial charge in [0.15, 0.2) is 5.58 Å². The second-order valence-electron chi connectivity index (χ2n) is 5.64. The lowest BCUT2D eigenvalue weighted by Gasteiger charge is -2.04. The van der Waals surface area contributed by atoms with E-state index in [4.69, 9.17) is 16.0 Å². The van der Waals surface area contributed by atoms with Crippen LogP contribution in [-0.2, 0) is 0 Å². The van der Waals surface area contributed by atoms with E-state index in [2.05, 4.69) is 10.3 Å².